The van der Waals surface area contributed by atoms with Crippen LogP contribution in [-0.2, 0) is 56.8 Å². The van der Waals surface area contributed by atoms with Gasteiger partial charge < -0.3 is 149 Å². The molecule has 0 spiro atoms. The van der Waals surface area contributed by atoms with Gasteiger partial charge in [-0.25, -0.2) is 0 Å². The number of ether oxygens (including phenoxy) is 12. The van der Waals surface area contributed by atoms with Crippen molar-refractivity contribution in [2.45, 2.75) is 297 Å². The maximum absolute atomic E-state index is 13.0. The Morgan fingerprint density at radius 1 is 0.473 bits per heavy atom. The third kappa shape index (κ3) is 13.7. The summed E-state index contributed by atoms with van der Waals surface area (Å²) < 4.78 is 72.4. The predicted molar refractivity (Wildman–Crippen MR) is 313 cm³/mol. The predicted octanol–water partition coefficient (Wildman–Crippen LogP) is -4.64. The average molecular weight is 1340 g/mol. The van der Waals surface area contributed by atoms with Crippen LogP contribution < -0.4 is 0 Å². The van der Waals surface area contributed by atoms with Gasteiger partial charge in [-0.05, 0) is 124 Å². The molecule has 0 amide bonds. The third-order valence-corrected chi connectivity index (χ3v) is 24.0. The van der Waals surface area contributed by atoms with E-state index in [0.29, 0.717) is 44.9 Å². The fraction of sp³-hybridized carbons (Fsp3) is 0.968. The first kappa shape index (κ1) is 74.2. The topological polar surface area (TPSA) is 475 Å². The van der Waals surface area contributed by atoms with Gasteiger partial charge in [0.15, 0.2) is 37.7 Å². The van der Waals surface area contributed by atoms with Crippen LogP contribution in [0.15, 0.2) is 11.6 Å². The molecule has 10 fully saturated rings. The van der Waals surface area contributed by atoms with Crippen LogP contribution in [0.1, 0.15) is 113 Å². The van der Waals surface area contributed by atoms with E-state index in [4.69, 9.17) is 56.8 Å². The summed E-state index contributed by atoms with van der Waals surface area (Å²) in [4.78, 5) is 0. The van der Waals surface area contributed by atoms with Gasteiger partial charge in [0.2, 0.25) is 0 Å². The molecular formula is C63H106O30. The number of allylic oxidation sites excluding steroid dienone is 2. The molecule has 6 saturated heterocycles. The van der Waals surface area contributed by atoms with Crippen LogP contribution in [0.4, 0.5) is 0 Å². The van der Waals surface area contributed by atoms with E-state index in [1.807, 2.05) is 20.8 Å². The van der Waals surface area contributed by atoms with E-state index in [9.17, 15) is 91.9 Å². The summed E-state index contributed by atoms with van der Waals surface area (Å²) in [5.74, 6) is -0.714. The van der Waals surface area contributed by atoms with Crippen molar-refractivity contribution in [2.75, 3.05) is 39.6 Å². The molecule has 18 N–H and O–H groups in total. The van der Waals surface area contributed by atoms with E-state index in [1.54, 1.807) is 0 Å². The molecule has 6 aliphatic heterocycles. The summed E-state index contributed by atoms with van der Waals surface area (Å²) in [7, 11) is 0. The van der Waals surface area contributed by atoms with Crippen molar-refractivity contribution in [2.24, 2.45) is 45.3 Å². The van der Waals surface area contributed by atoms with Crippen LogP contribution in [0, 0.1) is 45.3 Å². The molecule has 0 aromatic heterocycles. The van der Waals surface area contributed by atoms with Crippen molar-refractivity contribution in [3.05, 3.63) is 11.6 Å². The summed E-state index contributed by atoms with van der Waals surface area (Å²) in [6.45, 7) is 13.7. The zero-order chi connectivity index (χ0) is 67.9. The highest BCUT2D eigenvalue weighted by atomic mass is 16.8. The molecular weight excluding hydrogens is 1240 g/mol. The molecule has 4 aliphatic carbocycles. The minimum atomic E-state index is -1.90. The standard InChI is InChI=1S/C63H106O30/c1-25(2)10-9-14-63(8,93-56-50(81)44(75)42(73)32(89-56)24-85-54-49(80)43(74)33(88-54)23-84-53-47(78)38(69)28(67)21-82-53)26-11-16-62(7)37(26)27(66)18-35-60(5)15-13-36(59(3,4)34(60)12-17-61(35,62)6)90-57-51(45(76)40(71)30(19-64)86-57)92-58-52(46(77)41(72)31(20-65)87-58)91-55-48(79)39(70)29(68)22-83-55/h10,26-58,64-81H,9,11-24H2,1-8H3/t26-,27+,28+,29+,30+,31+,32+,33-,34-,35-,36-,37+,38-,39-,40+,41+,42+,43-,44-,45-,46-,47+,48+,49+,50+,51+,52+,53+,54-,55+,56+,57+,58+,60+,61-,62-,63+/m1/s1. The van der Waals surface area contributed by atoms with Gasteiger partial charge in [-0.15, -0.1) is 0 Å². The van der Waals surface area contributed by atoms with Gasteiger partial charge in [-0.1, -0.05) is 46.3 Å². The van der Waals surface area contributed by atoms with Gasteiger partial charge in [0.1, 0.15) is 128 Å². The largest absolute Gasteiger partial charge is 0.394 e. The monoisotopic (exact) mass is 1340 g/mol. The Balaban J connectivity index is 0.837. The number of hydrogen-bond donors (Lipinski definition) is 18. The molecule has 0 aromatic rings. The lowest BCUT2D eigenvalue weighted by atomic mass is 9.35. The number of aliphatic hydroxyl groups is 18. The number of aliphatic hydroxyl groups excluding tert-OH is 18. The molecule has 6 heterocycles. The Bertz CT molecular complexity index is 2480. The van der Waals surface area contributed by atoms with Gasteiger partial charge in [-0.3, -0.25) is 0 Å². The number of rotatable bonds is 20. The lowest BCUT2D eigenvalue weighted by Gasteiger charge is -2.71. The molecule has 0 bridgehead atoms. The first-order valence-electron chi connectivity index (χ1n) is 33.1. The van der Waals surface area contributed by atoms with Gasteiger partial charge >= 0.3 is 0 Å². The Kier molecular flexibility index (Phi) is 23.1. The maximum Gasteiger partial charge on any atom is 0.187 e. The minimum absolute atomic E-state index is 0.0257. The molecule has 37 atom stereocenters. The SMILES string of the molecule is CC(C)=CCC[C@](C)(O[C@@H]1O[C@@H](CO[C@@H]2O[C@H](CO[C@@H]3OC[C@H](O)[C@@H](O)[C@@H]3O)[C@@H](O)[C@@H]2O)[C@H](O)[C@@H](O)[C@@H]1O)[C@@H]1CC[C@]2(C)[C@@H]1[C@@H](O)C[C@@H]1[C@@]3(C)CC[C@@H](O[C@@H]4O[C@@H](CO)[C@H](O)[C@@H](O)[C@@H]4O[C@@H]4O[C@@H](CO)[C@H](O)[C@@H](O)[C@@H]4O[C@@H]4OC[C@H](O)[C@@H](O)[C@@H]4O)C(C)(C)[C@H]3CC[C@]12C. The first-order valence-corrected chi connectivity index (χ1v) is 33.1. The quantitative estimate of drug-likeness (QED) is 0.0403. The van der Waals surface area contributed by atoms with E-state index < -0.39 is 233 Å². The van der Waals surface area contributed by atoms with Crippen LogP contribution in [0.25, 0.3) is 0 Å². The maximum atomic E-state index is 13.0. The lowest BCUT2D eigenvalue weighted by molar-refractivity contribution is -0.395. The van der Waals surface area contributed by atoms with Crippen molar-refractivity contribution in [3.63, 3.8) is 0 Å². The highest BCUT2D eigenvalue weighted by Gasteiger charge is 2.72. The molecule has 30 heteroatoms. The Hall–Kier alpha value is -1.46. The fourth-order valence-electron chi connectivity index (χ4n) is 18.3. The Labute approximate surface area is 540 Å². The summed E-state index contributed by atoms with van der Waals surface area (Å²) >= 11 is 0. The van der Waals surface area contributed by atoms with E-state index in [0.717, 1.165) is 18.4 Å². The highest BCUT2D eigenvalue weighted by Crippen LogP contribution is 2.76. The Morgan fingerprint density at radius 2 is 0.946 bits per heavy atom. The van der Waals surface area contributed by atoms with Crippen LogP contribution in [0.3, 0.4) is 0 Å². The second-order valence-corrected chi connectivity index (χ2v) is 30.0. The van der Waals surface area contributed by atoms with E-state index in [-0.39, 0.29) is 35.7 Å². The first-order chi connectivity index (χ1) is 43.7. The molecule has 538 valence electrons. The highest BCUT2D eigenvalue weighted by molar-refractivity contribution is 5.21. The van der Waals surface area contributed by atoms with Crippen LogP contribution in [0.2, 0.25) is 0 Å². The van der Waals surface area contributed by atoms with Crippen molar-refractivity contribution >= 4 is 0 Å². The van der Waals surface area contributed by atoms with Crippen molar-refractivity contribution in [1.29, 1.82) is 0 Å². The van der Waals surface area contributed by atoms with Crippen molar-refractivity contribution in [1.82, 2.24) is 0 Å². The second kappa shape index (κ2) is 28.9. The molecule has 4 saturated carbocycles. The molecule has 10 rings (SSSR count). The smallest absolute Gasteiger partial charge is 0.187 e. The van der Waals surface area contributed by atoms with Gasteiger partial charge in [0, 0.05) is 0 Å². The van der Waals surface area contributed by atoms with Crippen LogP contribution in [-0.4, -0.2) is 315 Å². The van der Waals surface area contributed by atoms with E-state index in [2.05, 4.69) is 40.7 Å². The second-order valence-electron chi connectivity index (χ2n) is 30.0. The minimum Gasteiger partial charge on any atom is -0.394 e. The van der Waals surface area contributed by atoms with E-state index >= 15 is 0 Å². The molecule has 10 aliphatic rings. The summed E-state index contributed by atoms with van der Waals surface area (Å²) in [5, 5.41) is 197. The molecule has 0 radical (unpaired) electrons. The summed E-state index contributed by atoms with van der Waals surface area (Å²) in [6, 6.07) is 0. The fourth-order valence-corrected chi connectivity index (χ4v) is 18.3. The molecule has 0 aromatic carbocycles. The Morgan fingerprint density at radius 3 is 1.53 bits per heavy atom. The van der Waals surface area contributed by atoms with Crippen molar-refractivity contribution in [3.8, 4) is 0 Å². The third-order valence-electron chi connectivity index (χ3n) is 24.0. The lowest BCUT2D eigenvalue weighted by Crippen LogP contribution is -2.68. The van der Waals surface area contributed by atoms with Crippen LogP contribution >= 0.6 is 0 Å². The van der Waals surface area contributed by atoms with Gasteiger partial charge in [-0.2, -0.15) is 0 Å². The van der Waals surface area contributed by atoms with Gasteiger partial charge in [0.25, 0.3) is 0 Å². The molecule has 30 nitrogen and oxygen atoms in total. The molecule has 0 unspecified atom stereocenters. The number of hydrogen-bond acceptors (Lipinski definition) is 30. The normalized spacial score (nSPS) is 53.1. The summed E-state index contributed by atoms with van der Waals surface area (Å²) in [5.41, 5.74) is -1.95. The van der Waals surface area contributed by atoms with Gasteiger partial charge in [0.05, 0.1) is 57.5 Å². The number of fused-ring (bicyclic) bond motifs is 5. The van der Waals surface area contributed by atoms with Crippen LogP contribution in [0.5, 0.6) is 0 Å². The average Bonchev–Trinajstić information content (AvgIpc) is 1.67. The van der Waals surface area contributed by atoms with E-state index in [1.165, 1.54) is 0 Å². The summed E-state index contributed by atoms with van der Waals surface area (Å²) in [6.07, 6.45) is -37.7. The molecule has 93 heavy (non-hydrogen) atoms. The zero-order valence-electron chi connectivity index (χ0n) is 54.2. The zero-order valence-corrected chi connectivity index (χ0v) is 54.2. The van der Waals surface area contributed by atoms with Crippen molar-refractivity contribution < 1.29 is 149 Å².